The second-order valence-electron chi connectivity index (χ2n) is 4.87. The molecule has 1 aliphatic heterocycles. The first kappa shape index (κ1) is 11.7. The first-order valence-electron chi connectivity index (χ1n) is 6.49. The van der Waals surface area contributed by atoms with E-state index in [0.29, 0.717) is 17.9 Å². The lowest BCUT2D eigenvalue weighted by molar-refractivity contribution is 0.0715. The second kappa shape index (κ2) is 5.49. The van der Waals surface area contributed by atoms with Gasteiger partial charge in [0.25, 0.3) is 0 Å². The Kier molecular flexibility index (Phi) is 4.00. The van der Waals surface area contributed by atoms with E-state index in [1.165, 1.54) is 24.8 Å². The summed E-state index contributed by atoms with van der Waals surface area (Å²) in [6, 6.07) is 10.9. The zero-order valence-electron chi connectivity index (χ0n) is 10.4. The summed E-state index contributed by atoms with van der Waals surface area (Å²) in [5, 5.41) is 0. The molecule has 0 bridgehead atoms. The number of hydrogen-bond acceptors (Lipinski definition) is 1. The molecule has 1 aromatic rings. The zero-order chi connectivity index (χ0) is 11.4. The van der Waals surface area contributed by atoms with Crippen molar-refractivity contribution in [2.45, 2.75) is 45.1 Å². The highest BCUT2D eigenvalue weighted by atomic mass is 16.5. The van der Waals surface area contributed by atoms with Gasteiger partial charge in [-0.1, -0.05) is 50.6 Å². The zero-order valence-corrected chi connectivity index (χ0v) is 10.4. The van der Waals surface area contributed by atoms with Gasteiger partial charge in [0, 0.05) is 12.5 Å². The van der Waals surface area contributed by atoms with Gasteiger partial charge in [-0.25, -0.2) is 0 Å². The molecule has 1 nitrogen and oxygen atoms in total. The lowest BCUT2D eigenvalue weighted by Crippen LogP contribution is -2.23. The van der Waals surface area contributed by atoms with Crippen LogP contribution < -0.4 is 0 Å². The average Bonchev–Trinajstić information content (AvgIpc) is 2.84. The van der Waals surface area contributed by atoms with E-state index in [-0.39, 0.29) is 0 Å². The molecule has 88 valence electrons. The summed E-state index contributed by atoms with van der Waals surface area (Å²) in [7, 11) is 0. The fourth-order valence-electron chi connectivity index (χ4n) is 2.72. The fraction of sp³-hybridized carbons (Fsp3) is 0.600. The van der Waals surface area contributed by atoms with Crippen LogP contribution in [0.3, 0.4) is 0 Å². The molecule has 0 aromatic heterocycles. The van der Waals surface area contributed by atoms with Crippen LogP contribution in [0.25, 0.3) is 0 Å². The van der Waals surface area contributed by atoms with Crippen LogP contribution in [0.1, 0.15) is 44.6 Å². The molecule has 1 aliphatic rings. The van der Waals surface area contributed by atoms with E-state index in [9.17, 15) is 0 Å². The second-order valence-corrected chi connectivity index (χ2v) is 4.87. The van der Waals surface area contributed by atoms with Gasteiger partial charge in [0.05, 0.1) is 6.10 Å². The average molecular weight is 218 g/mol. The lowest BCUT2D eigenvalue weighted by atomic mass is 9.80. The quantitative estimate of drug-likeness (QED) is 0.742. The predicted molar refractivity (Wildman–Crippen MR) is 67.6 cm³/mol. The van der Waals surface area contributed by atoms with Crippen molar-refractivity contribution in [1.29, 1.82) is 0 Å². The van der Waals surface area contributed by atoms with Crippen LogP contribution in [0.4, 0.5) is 0 Å². The van der Waals surface area contributed by atoms with Gasteiger partial charge in [0.15, 0.2) is 0 Å². The van der Waals surface area contributed by atoms with Gasteiger partial charge >= 0.3 is 0 Å². The number of hydrogen-bond donors (Lipinski definition) is 0. The number of rotatable bonds is 4. The van der Waals surface area contributed by atoms with Crippen LogP contribution in [-0.2, 0) is 4.74 Å². The van der Waals surface area contributed by atoms with Crippen LogP contribution in [-0.4, -0.2) is 12.7 Å². The monoisotopic (exact) mass is 218 g/mol. The first-order chi connectivity index (χ1) is 7.83. The Balaban J connectivity index is 2.20. The van der Waals surface area contributed by atoms with Gasteiger partial charge in [0.1, 0.15) is 0 Å². The summed E-state index contributed by atoms with van der Waals surface area (Å²) in [5.41, 5.74) is 1.45. The molecule has 3 atom stereocenters. The molecule has 1 saturated heterocycles. The van der Waals surface area contributed by atoms with E-state index in [1.807, 2.05) is 0 Å². The summed E-state index contributed by atoms with van der Waals surface area (Å²) in [5.74, 6) is 1.28. The lowest BCUT2D eigenvalue weighted by Gasteiger charge is -2.28. The molecule has 0 spiro atoms. The SMILES string of the molecule is CCC(C)C(c1ccccc1)C1CCCO1. The van der Waals surface area contributed by atoms with Gasteiger partial charge in [-0.2, -0.15) is 0 Å². The third-order valence-electron chi connectivity index (χ3n) is 3.81. The van der Waals surface area contributed by atoms with E-state index in [4.69, 9.17) is 4.74 Å². The van der Waals surface area contributed by atoms with Gasteiger partial charge in [-0.3, -0.25) is 0 Å². The molecule has 1 heteroatoms. The summed E-state index contributed by atoms with van der Waals surface area (Å²) in [6.45, 7) is 5.57. The van der Waals surface area contributed by atoms with Crippen LogP contribution in [0.5, 0.6) is 0 Å². The molecule has 0 aliphatic carbocycles. The third kappa shape index (κ3) is 2.46. The fourth-order valence-corrected chi connectivity index (χ4v) is 2.72. The van der Waals surface area contributed by atoms with Crippen LogP contribution in [0.15, 0.2) is 30.3 Å². The van der Waals surface area contributed by atoms with E-state index in [1.54, 1.807) is 0 Å². The summed E-state index contributed by atoms with van der Waals surface area (Å²) in [4.78, 5) is 0. The predicted octanol–water partition coefficient (Wildman–Crippen LogP) is 4.00. The summed E-state index contributed by atoms with van der Waals surface area (Å²) >= 11 is 0. The highest BCUT2D eigenvalue weighted by Crippen LogP contribution is 2.36. The van der Waals surface area contributed by atoms with Crippen LogP contribution in [0, 0.1) is 5.92 Å². The first-order valence-corrected chi connectivity index (χ1v) is 6.49. The van der Waals surface area contributed by atoms with Gasteiger partial charge in [-0.15, -0.1) is 0 Å². The molecule has 0 radical (unpaired) electrons. The standard InChI is InChI=1S/C15H22O/c1-3-12(2)15(14-10-7-11-16-14)13-8-5-4-6-9-13/h4-6,8-9,12,14-15H,3,7,10-11H2,1-2H3. The molecular weight excluding hydrogens is 196 g/mol. The van der Waals surface area contributed by atoms with Crippen molar-refractivity contribution in [3.05, 3.63) is 35.9 Å². The molecule has 1 heterocycles. The van der Waals surface area contributed by atoms with Gasteiger partial charge in [-0.05, 0) is 24.3 Å². The van der Waals surface area contributed by atoms with Crippen molar-refractivity contribution in [3.8, 4) is 0 Å². The minimum atomic E-state index is 0.442. The van der Waals surface area contributed by atoms with Gasteiger partial charge in [0.2, 0.25) is 0 Å². The van der Waals surface area contributed by atoms with Crippen molar-refractivity contribution >= 4 is 0 Å². The van der Waals surface area contributed by atoms with Crippen LogP contribution in [0.2, 0.25) is 0 Å². The molecule has 0 N–H and O–H groups in total. The van der Waals surface area contributed by atoms with E-state index in [0.717, 1.165) is 6.61 Å². The molecular formula is C15H22O. The van der Waals surface area contributed by atoms with Crippen molar-refractivity contribution in [2.75, 3.05) is 6.61 Å². The number of ether oxygens (including phenoxy) is 1. The highest BCUT2D eigenvalue weighted by molar-refractivity contribution is 5.21. The Morgan fingerprint density at radius 1 is 1.31 bits per heavy atom. The van der Waals surface area contributed by atoms with Gasteiger partial charge < -0.3 is 4.74 Å². The Morgan fingerprint density at radius 2 is 2.06 bits per heavy atom. The highest BCUT2D eigenvalue weighted by Gasteiger charge is 2.30. The molecule has 1 aromatic carbocycles. The molecule has 2 rings (SSSR count). The molecule has 1 fully saturated rings. The van der Waals surface area contributed by atoms with Crippen molar-refractivity contribution < 1.29 is 4.74 Å². The van der Waals surface area contributed by atoms with E-state index < -0.39 is 0 Å². The maximum absolute atomic E-state index is 5.89. The van der Waals surface area contributed by atoms with Crippen molar-refractivity contribution in [1.82, 2.24) is 0 Å². The topological polar surface area (TPSA) is 9.23 Å². The minimum absolute atomic E-state index is 0.442. The number of benzene rings is 1. The summed E-state index contributed by atoms with van der Waals surface area (Å²) in [6.07, 6.45) is 4.12. The smallest absolute Gasteiger partial charge is 0.0647 e. The Hall–Kier alpha value is -0.820. The van der Waals surface area contributed by atoms with Crippen LogP contribution >= 0.6 is 0 Å². The molecule has 0 amide bonds. The normalized spacial score (nSPS) is 24.2. The minimum Gasteiger partial charge on any atom is -0.378 e. The van der Waals surface area contributed by atoms with E-state index in [2.05, 4.69) is 44.2 Å². The van der Waals surface area contributed by atoms with Crippen molar-refractivity contribution in [3.63, 3.8) is 0 Å². The summed E-state index contributed by atoms with van der Waals surface area (Å²) < 4.78 is 5.89. The third-order valence-corrected chi connectivity index (χ3v) is 3.81. The molecule has 0 saturated carbocycles. The maximum Gasteiger partial charge on any atom is 0.0647 e. The molecule has 16 heavy (non-hydrogen) atoms. The Morgan fingerprint density at radius 3 is 2.62 bits per heavy atom. The van der Waals surface area contributed by atoms with E-state index >= 15 is 0 Å². The Bertz CT molecular complexity index is 300. The largest absolute Gasteiger partial charge is 0.378 e. The maximum atomic E-state index is 5.89. The molecule has 3 unspecified atom stereocenters. The van der Waals surface area contributed by atoms with Crippen molar-refractivity contribution in [2.24, 2.45) is 5.92 Å². The Labute approximate surface area is 98.8 Å².